The van der Waals surface area contributed by atoms with E-state index >= 15 is 0 Å². The molecule has 2 N–H and O–H groups in total. The summed E-state index contributed by atoms with van der Waals surface area (Å²) in [4.78, 5) is 13.4. The minimum Gasteiger partial charge on any atom is -0.491 e. The van der Waals surface area contributed by atoms with Gasteiger partial charge in [-0.1, -0.05) is 12.5 Å². The molecule has 5 aromatic rings. The van der Waals surface area contributed by atoms with Gasteiger partial charge < -0.3 is 19.9 Å². The highest BCUT2D eigenvalue weighted by Gasteiger charge is 2.16. The molecule has 34 heavy (non-hydrogen) atoms. The van der Waals surface area contributed by atoms with Crippen LogP contribution in [0, 0.1) is 0 Å². The standard InChI is InChI=1S/C26H26N6OS/c1-2-10-27-20(4-1)14-33-24-6-3-5-22-25(24)26(29-16-28-22)31-19-7-8-23-18(12-19)9-11-32(23)13-21-15-34-17-30-21/h3,5-9,11-12,15-17,20,27H,1-2,4,10,13-14H2,(H,28,29,31)/t20-/m1/s1. The Kier molecular flexibility index (Phi) is 5.83. The molecule has 1 aliphatic rings. The van der Waals surface area contributed by atoms with E-state index in [1.807, 2.05) is 23.7 Å². The van der Waals surface area contributed by atoms with Gasteiger partial charge in [-0.25, -0.2) is 15.0 Å². The van der Waals surface area contributed by atoms with Gasteiger partial charge in [0.25, 0.3) is 0 Å². The zero-order chi connectivity index (χ0) is 22.7. The molecule has 1 atom stereocenters. The van der Waals surface area contributed by atoms with Crippen molar-refractivity contribution < 1.29 is 4.74 Å². The first-order valence-corrected chi connectivity index (χ1v) is 12.6. The van der Waals surface area contributed by atoms with Crippen LogP contribution < -0.4 is 15.4 Å². The van der Waals surface area contributed by atoms with Crippen molar-refractivity contribution >= 4 is 44.6 Å². The van der Waals surface area contributed by atoms with Crippen LogP contribution in [0.15, 0.2) is 65.9 Å². The zero-order valence-corrected chi connectivity index (χ0v) is 19.6. The van der Waals surface area contributed by atoms with Crippen molar-refractivity contribution in [3.05, 3.63) is 71.6 Å². The third-order valence-corrected chi connectivity index (χ3v) is 6.96. The van der Waals surface area contributed by atoms with Gasteiger partial charge in [0.15, 0.2) is 0 Å². The van der Waals surface area contributed by atoms with Crippen molar-refractivity contribution in [3.8, 4) is 5.75 Å². The maximum Gasteiger partial charge on any atom is 0.145 e. The Labute approximate surface area is 201 Å². The van der Waals surface area contributed by atoms with Gasteiger partial charge >= 0.3 is 0 Å². The van der Waals surface area contributed by atoms with Gasteiger partial charge in [-0.15, -0.1) is 11.3 Å². The van der Waals surface area contributed by atoms with Crippen LogP contribution in [0.25, 0.3) is 21.8 Å². The summed E-state index contributed by atoms with van der Waals surface area (Å²) >= 11 is 1.62. The van der Waals surface area contributed by atoms with Crippen LogP contribution >= 0.6 is 11.3 Å². The average molecular weight is 471 g/mol. The lowest BCUT2D eigenvalue weighted by Crippen LogP contribution is -2.38. The fourth-order valence-electron chi connectivity index (χ4n) is 4.59. The SMILES string of the molecule is c1cc(OC[C@H]2CCCCN2)c2c(Nc3ccc4c(ccn4Cc4cscn4)c3)ncnc2c1. The molecule has 4 heterocycles. The highest BCUT2D eigenvalue weighted by atomic mass is 32.1. The van der Waals surface area contributed by atoms with Crippen molar-refractivity contribution in [2.75, 3.05) is 18.5 Å². The number of fused-ring (bicyclic) bond motifs is 2. The molecule has 6 rings (SSSR count). The Morgan fingerprint density at radius 1 is 1.12 bits per heavy atom. The number of thiazole rings is 1. The first-order valence-electron chi connectivity index (χ1n) is 11.7. The second kappa shape index (κ2) is 9.40. The second-order valence-electron chi connectivity index (χ2n) is 8.65. The number of piperidine rings is 1. The van der Waals surface area contributed by atoms with Crippen LogP contribution in [-0.2, 0) is 6.54 Å². The topological polar surface area (TPSA) is 76.9 Å². The van der Waals surface area contributed by atoms with E-state index in [4.69, 9.17) is 4.74 Å². The summed E-state index contributed by atoms with van der Waals surface area (Å²) in [5.41, 5.74) is 5.96. The number of benzene rings is 2. The summed E-state index contributed by atoms with van der Waals surface area (Å²) in [6, 6.07) is 14.9. The van der Waals surface area contributed by atoms with E-state index in [-0.39, 0.29) is 0 Å². The molecule has 172 valence electrons. The highest BCUT2D eigenvalue weighted by Crippen LogP contribution is 2.32. The van der Waals surface area contributed by atoms with E-state index in [0.717, 1.165) is 53.4 Å². The molecule has 0 unspecified atom stereocenters. The molecule has 0 bridgehead atoms. The van der Waals surface area contributed by atoms with E-state index in [9.17, 15) is 0 Å². The number of hydrogen-bond acceptors (Lipinski definition) is 7. The quantitative estimate of drug-likeness (QED) is 0.334. The summed E-state index contributed by atoms with van der Waals surface area (Å²) in [5, 5.41) is 11.2. The molecule has 1 aliphatic heterocycles. The Morgan fingerprint density at radius 3 is 3.00 bits per heavy atom. The molecule has 0 saturated carbocycles. The molecule has 0 amide bonds. The molecule has 0 aliphatic carbocycles. The predicted molar refractivity (Wildman–Crippen MR) is 137 cm³/mol. The molecule has 2 aromatic carbocycles. The van der Waals surface area contributed by atoms with Gasteiger partial charge in [0.2, 0.25) is 0 Å². The van der Waals surface area contributed by atoms with Gasteiger partial charge in [-0.2, -0.15) is 0 Å². The first-order chi connectivity index (χ1) is 16.8. The fraction of sp³-hybridized carbons (Fsp3) is 0.269. The van der Waals surface area contributed by atoms with Crippen LogP contribution in [0.3, 0.4) is 0 Å². The lowest BCUT2D eigenvalue weighted by atomic mass is 10.1. The van der Waals surface area contributed by atoms with Crippen molar-refractivity contribution in [1.29, 1.82) is 0 Å². The van der Waals surface area contributed by atoms with E-state index in [2.05, 4.69) is 66.0 Å². The number of nitrogens with zero attached hydrogens (tertiary/aromatic N) is 4. The fourth-order valence-corrected chi connectivity index (χ4v) is 5.14. The lowest BCUT2D eigenvalue weighted by molar-refractivity contribution is 0.241. The van der Waals surface area contributed by atoms with Crippen molar-refractivity contribution in [2.24, 2.45) is 0 Å². The van der Waals surface area contributed by atoms with Crippen molar-refractivity contribution in [1.82, 2.24) is 24.8 Å². The Morgan fingerprint density at radius 2 is 2.12 bits per heavy atom. The van der Waals surface area contributed by atoms with Crippen LogP contribution in [0.1, 0.15) is 25.0 Å². The number of aromatic nitrogens is 4. The molecule has 1 fully saturated rings. The van der Waals surface area contributed by atoms with Crippen molar-refractivity contribution in [2.45, 2.75) is 31.8 Å². The molecule has 7 nitrogen and oxygen atoms in total. The minimum atomic E-state index is 0.390. The summed E-state index contributed by atoms with van der Waals surface area (Å²) < 4.78 is 8.49. The maximum atomic E-state index is 6.27. The van der Waals surface area contributed by atoms with Crippen LogP contribution in [0.5, 0.6) is 5.75 Å². The molecule has 1 saturated heterocycles. The van der Waals surface area contributed by atoms with Gasteiger partial charge in [-0.05, 0) is 55.8 Å². The highest BCUT2D eigenvalue weighted by molar-refractivity contribution is 7.07. The van der Waals surface area contributed by atoms with E-state index in [1.54, 1.807) is 17.7 Å². The van der Waals surface area contributed by atoms with E-state index < -0.39 is 0 Å². The Bertz CT molecular complexity index is 1400. The third-order valence-electron chi connectivity index (χ3n) is 6.33. The van der Waals surface area contributed by atoms with Gasteiger partial charge in [0, 0.05) is 34.2 Å². The van der Waals surface area contributed by atoms with Gasteiger partial charge in [-0.3, -0.25) is 0 Å². The number of hydrogen-bond donors (Lipinski definition) is 2. The molecular formula is C26H26N6OS. The number of nitrogens with one attached hydrogen (secondary N) is 2. The van der Waals surface area contributed by atoms with Crippen LogP contribution in [0.4, 0.5) is 11.5 Å². The normalized spacial score (nSPS) is 16.2. The van der Waals surface area contributed by atoms with Crippen LogP contribution in [-0.4, -0.2) is 38.7 Å². The number of anilines is 2. The van der Waals surface area contributed by atoms with Gasteiger partial charge in [0.05, 0.1) is 28.7 Å². The van der Waals surface area contributed by atoms with E-state index in [1.165, 1.54) is 23.7 Å². The summed E-state index contributed by atoms with van der Waals surface area (Å²) in [5.74, 6) is 1.56. The second-order valence-corrected chi connectivity index (χ2v) is 9.37. The Hall–Kier alpha value is -3.49. The largest absolute Gasteiger partial charge is 0.491 e. The zero-order valence-electron chi connectivity index (χ0n) is 18.8. The summed E-state index contributed by atoms with van der Waals surface area (Å²) in [7, 11) is 0. The Balaban J connectivity index is 1.27. The molecule has 3 aromatic heterocycles. The summed E-state index contributed by atoms with van der Waals surface area (Å²) in [6.07, 6.45) is 7.35. The van der Waals surface area contributed by atoms with E-state index in [0.29, 0.717) is 12.6 Å². The summed E-state index contributed by atoms with van der Waals surface area (Å²) in [6.45, 7) is 2.48. The maximum absolute atomic E-state index is 6.27. The van der Waals surface area contributed by atoms with Gasteiger partial charge in [0.1, 0.15) is 24.5 Å². The van der Waals surface area contributed by atoms with Crippen molar-refractivity contribution in [3.63, 3.8) is 0 Å². The minimum absolute atomic E-state index is 0.390. The monoisotopic (exact) mass is 470 g/mol. The first kappa shape index (κ1) is 21.1. The lowest BCUT2D eigenvalue weighted by Gasteiger charge is -2.24. The molecule has 8 heteroatoms. The number of rotatable bonds is 7. The molecule has 0 spiro atoms. The third kappa shape index (κ3) is 4.34. The van der Waals surface area contributed by atoms with Crippen LogP contribution in [0.2, 0.25) is 0 Å². The molecule has 0 radical (unpaired) electrons. The predicted octanol–water partition coefficient (Wildman–Crippen LogP) is 5.35. The molecular weight excluding hydrogens is 444 g/mol. The average Bonchev–Trinajstić information content (AvgIpc) is 3.54. The number of ether oxygens (including phenoxy) is 1. The smallest absolute Gasteiger partial charge is 0.145 e.